The second-order valence-electron chi connectivity index (χ2n) is 4.36. The number of amides is 1. The van der Waals surface area contributed by atoms with Crippen LogP contribution < -0.4 is 5.32 Å². The molecule has 2 atom stereocenters. The number of carbonyl (C=O) groups is 2. The number of imidazole rings is 1. The van der Waals surface area contributed by atoms with Gasteiger partial charge in [0.25, 0.3) is 5.91 Å². The number of carbonyl (C=O) groups excluding carboxylic acids is 1. The summed E-state index contributed by atoms with van der Waals surface area (Å²) in [5.41, 5.74) is -0.391. The molecule has 0 radical (unpaired) electrons. The normalized spacial score (nSPS) is 23.6. The van der Waals surface area contributed by atoms with Gasteiger partial charge in [-0.15, -0.1) is 0 Å². The number of aliphatic hydroxyl groups excluding tert-OH is 1. The summed E-state index contributed by atoms with van der Waals surface area (Å²) in [5.74, 6) is -1.80. The zero-order chi connectivity index (χ0) is 13.1. The molecule has 4 N–H and O–H groups in total. The van der Waals surface area contributed by atoms with Gasteiger partial charge in [-0.25, -0.2) is 9.78 Å². The molecule has 1 fully saturated rings. The highest BCUT2D eigenvalue weighted by molar-refractivity contribution is 6.02. The van der Waals surface area contributed by atoms with E-state index in [1.165, 1.54) is 0 Å². The summed E-state index contributed by atoms with van der Waals surface area (Å²) in [5, 5.41) is 21.2. The van der Waals surface area contributed by atoms with Crippen LogP contribution in [-0.2, 0) is 0 Å². The van der Waals surface area contributed by atoms with Crippen LogP contribution in [0.5, 0.6) is 0 Å². The van der Waals surface area contributed by atoms with Crippen LogP contribution in [-0.4, -0.2) is 44.2 Å². The van der Waals surface area contributed by atoms with Crippen molar-refractivity contribution in [1.82, 2.24) is 15.3 Å². The Kier molecular flexibility index (Phi) is 3.61. The SMILES string of the molecule is O=C(N[C@H]1CCCC[C@@H]1O)c1nc[nH]c1C(=O)O. The number of aromatic amines is 1. The molecule has 18 heavy (non-hydrogen) atoms. The predicted molar refractivity (Wildman–Crippen MR) is 61.3 cm³/mol. The van der Waals surface area contributed by atoms with E-state index in [0.29, 0.717) is 12.8 Å². The third-order valence-corrected chi connectivity index (χ3v) is 3.11. The topological polar surface area (TPSA) is 115 Å². The molecule has 1 heterocycles. The lowest BCUT2D eigenvalue weighted by Crippen LogP contribution is -2.45. The predicted octanol–water partition coefficient (Wildman–Crippen LogP) is 0.141. The molecular formula is C11H15N3O4. The molecule has 2 rings (SSSR count). The van der Waals surface area contributed by atoms with E-state index in [-0.39, 0.29) is 17.4 Å². The van der Waals surface area contributed by atoms with Crippen LogP contribution in [0.3, 0.4) is 0 Å². The summed E-state index contributed by atoms with van der Waals surface area (Å²) in [6, 6.07) is -0.329. The number of aromatic carboxylic acids is 1. The van der Waals surface area contributed by atoms with Gasteiger partial charge in [0.05, 0.1) is 18.5 Å². The maximum Gasteiger partial charge on any atom is 0.354 e. The zero-order valence-corrected chi connectivity index (χ0v) is 9.72. The number of H-pyrrole nitrogens is 1. The van der Waals surface area contributed by atoms with E-state index in [0.717, 1.165) is 19.2 Å². The maximum absolute atomic E-state index is 11.9. The van der Waals surface area contributed by atoms with Crippen molar-refractivity contribution in [3.8, 4) is 0 Å². The molecule has 0 unspecified atom stereocenters. The Labute approximate surface area is 103 Å². The number of nitrogens with one attached hydrogen (secondary N) is 2. The number of aromatic nitrogens is 2. The summed E-state index contributed by atoms with van der Waals surface area (Å²) in [6.07, 6.45) is 3.81. The van der Waals surface area contributed by atoms with Gasteiger partial charge in [0.2, 0.25) is 0 Å². The van der Waals surface area contributed by atoms with Crippen LogP contribution in [0, 0.1) is 0 Å². The molecule has 0 aliphatic heterocycles. The molecule has 7 nitrogen and oxygen atoms in total. The summed E-state index contributed by atoms with van der Waals surface area (Å²) >= 11 is 0. The smallest absolute Gasteiger partial charge is 0.354 e. The van der Waals surface area contributed by atoms with Crippen molar-refractivity contribution >= 4 is 11.9 Å². The number of hydrogen-bond acceptors (Lipinski definition) is 4. The van der Waals surface area contributed by atoms with E-state index in [1.807, 2.05) is 0 Å². The van der Waals surface area contributed by atoms with Crippen molar-refractivity contribution < 1.29 is 19.8 Å². The first-order valence-corrected chi connectivity index (χ1v) is 5.85. The lowest BCUT2D eigenvalue weighted by molar-refractivity contribution is 0.0669. The van der Waals surface area contributed by atoms with Gasteiger partial charge in [0, 0.05) is 0 Å². The summed E-state index contributed by atoms with van der Waals surface area (Å²) < 4.78 is 0. The van der Waals surface area contributed by atoms with Gasteiger partial charge in [-0.3, -0.25) is 4.79 Å². The largest absolute Gasteiger partial charge is 0.477 e. The van der Waals surface area contributed by atoms with Gasteiger partial charge in [0.15, 0.2) is 11.4 Å². The molecule has 98 valence electrons. The number of carboxylic acids is 1. The van der Waals surface area contributed by atoms with Crippen LogP contribution in [0.25, 0.3) is 0 Å². The van der Waals surface area contributed by atoms with E-state index in [1.54, 1.807) is 0 Å². The Balaban J connectivity index is 2.07. The van der Waals surface area contributed by atoms with Crippen LogP contribution >= 0.6 is 0 Å². The number of hydrogen-bond donors (Lipinski definition) is 4. The minimum Gasteiger partial charge on any atom is -0.477 e. The van der Waals surface area contributed by atoms with Gasteiger partial charge in [-0.1, -0.05) is 12.8 Å². The first-order chi connectivity index (χ1) is 8.59. The highest BCUT2D eigenvalue weighted by Gasteiger charge is 2.27. The van der Waals surface area contributed by atoms with Gasteiger partial charge in [-0.05, 0) is 12.8 Å². The second kappa shape index (κ2) is 5.18. The number of carboxylic acid groups (broad SMARTS) is 1. The Hall–Kier alpha value is -1.89. The minimum atomic E-state index is -1.23. The average molecular weight is 253 g/mol. The van der Waals surface area contributed by atoms with E-state index >= 15 is 0 Å². The maximum atomic E-state index is 11.9. The highest BCUT2D eigenvalue weighted by Crippen LogP contribution is 2.18. The van der Waals surface area contributed by atoms with Crippen molar-refractivity contribution in [2.45, 2.75) is 37.8 Å². The zero-order valence-electron chi connectivity index (χ0n) is 9.72. The average Bonchev–Trinajstić information content (AvgIpc) is 2.81. The van der Waals surface area contributed by atoms with Gasteiger partial charge in [-0.2, -0.15) is 0 Å². The first-order valence-electron chi connectivity index (χ1n) is 5.85. The Morgan fingerprint density at radius 3 is 2.78 bits per heavy atom. The van der Waals surface area contributed by atoms with Crippen molar-refractivity contribution in [3.05, 3.63) is 17.7 Å². The monoisotopic (exact) mass is 253 g/mol. The minimum absolute atomic E-state index is 0.153. The van der Waals surface area contributed by atoms with Gasteiger partial charge in [0.1, 0.15) is 0 Å². The molecule has 1 amide bonds. The van der Waals surface area contributed by atoms with Gasteiger partial charge >= 0.3 is 5.97 Å². The standard InChI is InChI=1S/C11H15N3O4/c15-7-4-2-1-3-6(7)14-10(16)8-9(11(17)18)13-5-12-8/h5-7,15H,1-4H2,(H,12,13)(H,14,16)(H,17,18)/t6-,7-/m0/s1. The molecule has 1 aromatic rings. The molecule has 0 bridgehead atoms. The Morgan fingerprint density at radius 2 is 2.11 bits per heavy atom. The van der Waals surface area contributed by atoms with E-state index < -0.39 is 18.0 Å². The molecule has 1 aromatic heterocycles. The van der Waals surface area contributed by atoms with Crippen LogP contribution in [0.2, 0.25) is 0 Å². The second-order valence-corrected chi connectivity index (χ2v) is 4.36. The summed E-state index contributed by atoms with van der Waals surface area (Å²) in [4.78, 5) is 28.8. The lowest BCUT2D eigenvalue weighted by atomic mass is 9.92. The van der Waals surface area contributed by atoms with Crippen LogP contribution in [0.15, 0.2) is 6.33 Å². The summed E-state index contributed by atoms with van der Waals surface area (Å²) in [7, 11) is 0. The third kappa shape index (κ3) is 2.51. The van der Waals surface area contributed by atoms with E-state index in [2.05, 4.69) is 15.3 Å². The van der Waals surface area contributed by atoms with Crippen LogP contribution in [0.1, 0.15) is 46.7 Å². The molecule has 0 saturated heterocycles. The highest BCUT2D eigenvalue weighted by atomic mass is 16.4. The molecule has 0 spiro atoms. The lowest BCUT2D eigenvalue weighted by Gasteiger charge is -2.28. The quantitative estimate of drug-likeness (QED) is 0.611. The molecule has 1 aliphatic rings. The Morgan fingerprint density at radius 1 is 1.39 bits per heavy atom. The fraction of sp³-hybridized carbons (Fsp3) is 0.545. The van der Waals surface area contributed by atoms with Crippen molar-refractivity contribution in [2.75, 3.05) is 0 Å². The Bertz CT molecular complexity index is 457. The fourth-order valence-corrected chi connectivity index (χ4v) is 2.15. The van der Waals surface area contributed by atoms with Crippen LogP contribution in [0.4, 0.5) is 0 Å². The van der Waals surface area contributed by atoms with Gasteiger partial charge < -0.3 is 20.5 Å². The molecule has 7 heteroatoms. The third-order valence-electron chi connectivity index (χ3n) is 3.11. The molecule has 1 saturated carbocycles. The first kappa shape index (κ1) is 12.6. The van der Waals surface area contributed by atoms with E-state index in [9.17, 15) is 14.7 Å². The van der Waals surface area contributed by atoms with E-state index in [4.69, 9.17) is 5.11 Å². The molecule has 1 aliphatic carbocycles. The number of rotatable bonds is 3. The summed E-state index contributed by atoms with van der Waals surface area (Å²) in [6.45, 7) is 0. The number of nitrogens with zero attached hydrogens (tertiary/aromatic N) is 1. The number of aliphatic hydroxyl groups is 1. The van der Waals surface area contributed by atoms with Crippen molar-refractivity contribution in [1.29, 1.82) is 0 Å². The molecular weight excluding hydrogens is 238 g/mol. The fourth-order valence-electron chi connectivity index (χ4n) is 2.15. The van der Waals surface area contributed by atoms with Crippen molar-refractivity contribution in [3.63, 3.8) is 0 Å². The molecule has 0 aromatic carbocycles. The van der Waals surface area contributed by atoms with Crippen molar-refractivity contribution in [2.24, 2.45) is 0 Å².